The number of carbonyl (C=O) groups excluding carboxylic acids is 1. The number of amides is 1. The summed E-state index contributed by atoms with van der Waals surface area (Å²) < 4.78 is 0. The van der Waals surface area contributed by atoms with Crippen LogP contribution in [0.4, 0.5) is 0 Å². The Morgan fingerprint density at radius 1 is 1.24 bits per heavy atom. The molecular weight excluding hydrogens is 310 g/mol. The predicted octanol–water partition coefficient (Wildman–Crippen LogP) is 3.18. The van der Waals surface area contributed by atoms with Gasteiger partial charge in [-0.05, 0) is 43.5 Å². The first kappa shape index (κ1) is 17.4. The van der Waals surface area contributed by atoms with Crippen LogP contribution in [0.25, 0.3) is 6.08 Å². The number of hydrogen-bond acceptors (Lipinski definition) is 3. The molecule has 2 aromatic rings. The summed E-state index contributed by atoms with van der Waals surface area (Å²) >= 11 is 0. The number of aryl methyl sites for hydroxylation is 1. The van der Waals surface area contributed by atoms with E-state index in [1.54, 1.807) is 18.3 Å². The Kier molecular flexibility index (Phi) is 5.96. The highest BCUT2D eigenvalue weighted by molar-refractivity contribution is 5.91. The molecule has 0 atom stereocenters. The van der Waals surface area contributed by atoms with Crippen molar-refractivity contribution in [2.45, 2.75) is 32.4 Å². The molecule has 0 saturated carbocycles. The van der Waals surface area contributed by atoms with Crippen molar-refractivity contribution in [3.05, 3.63) is 71.6 Å². The van der Waals surface area contributed by atoms with Crippen molar-refractivity contribution in [1.29, 1.82) is 0 Å². The summed E-state index contributed by atoms with van der Waals surface area (Å²) in [6, 6.07) is 14.6. The van der Waals surface area contributed by atoms with E-state index in [0.717, 1.165) is 38.2 Å². The average Bonchev–Trinajstić information content (AvgIpc) is 2.63. The van der Waals surface area contributed by atoms with Crippen molar-refractivity contribution < 1.29 is 4.79 Å². The maximum atomic E-state index is 12.1. The van der Waals surface area contributed by atoms with E-state index >= 15 is 0 Å². The van der Waals surface area contributed by atoms with Gasteiger partial charge in [0, 0.05) is 37.9 Å². The van der Waals surface area contributed by atoms with Crippen LogP contribution in [0.15, 0.2) is 54.7 Å². The number of aromatic nitrogens is 1. The van der Waals surface area contributed by atoms with Crippen LogP contribution in [-0.4, -0.2) is 34.9 Å². The Morgan fingerprint density at radius 3 is 2.80 bits per heavy atom. The van der Waals surface area contributed by atoms with Gasteiger partial charge < -0.3 is 5.32 Å². The van der Waals surface area contributed by atoms with Gasteiger partial charge in [0.05, 0.1) is 5.69 Å². The number of likely N-dealkylation sites (tertiary alicyclic amines) is 1. The van der Waals surface area contributed by atoms with Crippen LogP contribution in [0.3, 0.4) is 0 Å². The first-order chi connectivity index (χ1) is 12.2. The van der Waals surface area contributed by atoms with Crippen LogP contribution >= 0.6 is 0 Å². The van der Waals surface area contributed by atoms with Crippen molar-refractivity contribution in [3.63, 3.8) is 0 Å². The van der Waals surface area contributed by atoms with Gasteiger partial charge in [0.1, 0.15) is 0 Å². The molecular formula is C21H25N3O. The highest BCUT2D eigenvalue weighted by atomic mass is 16.1. The van der Waals surface area contributed by atoms with Crippen LogP contribution in [0.1, 0.15) is 29.7 Å². The Labute approximate surface area is 149 Å². The second-order valence-corrected chi connectivity index (χ2v) is 6.64. The van der Waals surface area contributed by atoms with Gasteiger partial charge in [0.15, 0.2) is 0 Å². The topological polar surface area (TPSA) is 45.2 Å². The molecule has 0 aliphatic carbocycles. The quantitative estimate of drug-likeness (QED) is 0.854. The van der Waals surface area contributed by atoms with E-state index < -0.39 is 0 Å². The fourth-order valence-corrected chi connectivity index (χ4v) is 3.19. The van der Waals surface area contributed by atoms with Crippen molar-refractivity contribution in [3.8, 4) is 0 Å². The third-order valence-electron chi connectivity index (χ3n) is 4.52. The molecule has 1 aromatic carbocycles. The van der Waals surface area contributed by atoms with Crippen LogP contribution < -0.4 is 5.32 Å². The number of carbonyl (C=O) groups is 1. The molecule has 0 radical (unpaired) electrons. The SMILES string of the molecule is Cc1cccc(CN2CCC(NC(=O)/C=C/c3ccccn3)CC2)c1. The molecule has 130 valence electrons. The summed E-state index contributed by atoms with van der Waals surface area (Å²) in [5.74, 6) is -0.0391. The molecule has 4 heteroatoms. The first-order valence-electron chi connectivity index (χ1n) is 8.86. The largest absolute Gasteiger partial charge is 0.350 e. The van der Waals surface area contributed by atoms with Gasteiger partial charge in [-0.2, -0.15) is 0 Å². The maximum Gasteiger partial charge on any atom is 0.244 e. The number of nitrogens with one attached hydrogen (secondary N) is 1. The van der Waals surface area contributed by atoms with Crippen LogP contribution in [-0.2, 0) is 11.3 Å². The van der Waals surface area contributed by atoms with Gasteiger partial charge in [0.2, 0.25) is 5.91 Å². The smallest absolute Gasteiger partial charge is 0.244 e. The van der Waals surface area contributed by atoms with Gasteiger partial charge in [-0.15, -0.1) is 0 Å². The highest BCUT2D eigenvalue weighted by Crippen LogP contribution is 2.14. The minimum absolute atomic E-state index is 0.0391. The average molecular weight is 335 g/mol. The number of nitrogens with zero attached hydrogens (tertiary/aromatic N) is 2. The van der Waals surface area contributed by atoms with Gasteiger partial charge >= 0.3 is 0 Å². The molecule has 1 fully saturated rings. The standard InChI is InChI=1S/C21H25N3O/c1-17-5-4-6-18(15-17)16-24-13-10-20(11-14-24)23-21(25)9-8-19-7-2-3-12-22-19/h2-9,12,15,20H,10-11,13-14,16H2,1H3,(H,23,25)/b9-8+. The van der Waals surface area contributed by atoms with Crippen LogP contribution in [0.2, 0.25) is 0 Å². The number of rotatable bonds is 5. The summed E-state index contributed by atoms with van der Waals surface area (Å²) in [7, 11) is 0. The molecule has 3 rings (SSSR count). The Bertz CT molecular complexity index is 719. The molecule has 1 saturated heterocycles. The van der Waals surface area contributed by atoms with E-state index in [4.69, 9.17) is 0 Å². The number of piperidine rings is 1. The molecule has 0 unspecified atom stereocenters. The maximum absolute atomic E-state index is 12.1. The van der Waals surface area contributed by atoms with Crippen molar-refractivity contribution in [2.75, 3.05) is 13.1 Å². The fraction of sp³-hybridized carbons (Fsp3) is 0.333. The summed E-state index contributed by atoms with van der Waals surface area (Å²) in [5.41, 5.74) is 3.46. The summed E-state index contributed by atoms with van der Waals surface area (Å²) in [6.07, 6.45) is 7.04. The minimum atomic E-state index is -0.0391. The number of benzene rings is 1. The van der Waals surface area contributed by atoms with Crippen LogP contribution in [0, 0.1) is 6.92 Å². The molecule has 1 amide bonds. The minimum Gasteiger partial charge on any atom is -0.350 e. The zero-order chi connectivity index (χ0) is 17.5. The van der Waals surface area contributed by atoms with Gasteiger partial charge in [0.25, 0.3) is 0 Å². The van der Waals surface area contributed by atoms with Crippen molar-refractivity contribution in [1.82, 2.24) is 15.2 Å². The van der Waals surface area contributed by atoms with Crippen molar-refractivity contribution >= 4 is 12.0 Å². The van der Waals surface area contributed by atoms with E-state index in [1.807, 2.05) is 18.2 Å². The highest BCUT2D eigenvalue weighted by Gasteiger charge is 2.20. The predicted molar refractivity (Wildman–Crippen MR) is 101 cm³/mol. The van der Waals surface area contributed by atoms with Gasteiger partial charge in [-0.1, -0.05) is 35.9 Å². The summed E-state index contributed by atoms with van der Waals surface area (Å²) in [4.78, 5) is 18.7. The lowest BCUT2D eigenvalue weighted by Crippen LogP contribution is -2.43. The van der Waals surface area contributed by atoms with E-state index in [9.17, 15) is 4.79 Å². The Hall–Kier alpha value is -2.46. The Morgan fingerprint density at radius 2 is 2.08 bits per heavy atom. The molecule has 0 spiro atoms. The van der Waals surface area contributed by atoms with E-state index in [2.05, 4.69) is 46.4 Å². The first-order valence-corrected chi connectivity index (χ1v) is 8.86. The van der Waals surface area contributed by atoms with Crippen LogP contribution in [0.5, 0.6) is 0 Å². The van der Waals surface area contributed by atoms with E-state index in [0.29, 0.717) is 0 Å². The monoisotopic (exact) mass is 335 g/mol. The molecule has 25 heavy (non-hydrogen) atoms. The molecule has 1 N–H and O–H groups in total. The van der Waals surface area contributed by atoms with Crippen molar-refractivity contribution in [2.24, 2.45) is 0 Å². The zero-order valence-electron chi connectivity index (χ0n) is 14.7. The fourth-order valence-electron chi connectivity index (χ4n) is 3.19. The molecule has 1 aliphatic heterocycles. The second-order valence-electron chi connectivity index (χ2n) is 6.64. The molecule has 0 bridgehead atoms. The molecule has 2 heterocycles. The second kappa shape index (κ2) is 8.58. The summed E-state index contributed by atoms with van der Waals surface area (Å²) in [6.45, 7) is 5.15. The van der Waals surface area contributed by atoms with Gasteiger partial charge in [-0.3, -0.25) is 14.7 Å². The molecule has 4 nitrogen and oxygen atoms in total. The number of hydrogen-bond donors (Lipinski definition) is 1. The molecule has 1 aromatic heterocycles. The Balaban J connectivity index is 1.43. The third-order valence-corrected chi connectivity index (χ3v) is 4.52. The zero-order valence-corrected chi connectivity index (χ0v) is 14.7. The van der Waals surface area contributed by atoms with Gasteiger partial charge in [-0.25, -0.2) is 0 Å². The lowest BCUT2D eigenvalue weighted by molar-refractivity contribution is -0.117. The van der Waals surface area contributed by atoms with E-state index in [1.165, 1.54) is 11.1 Å². The lowest BCUT2D eigenvalue weighted by atomic mass is 10.0. The lowest BCUT2D eigenvalue weighted by Gasteiger charge is -2.32. The summed E-state index contributed by atoms with van der Waals surface area (Å²) in [5, 5.41) is 3.10. The van der Waals surface area contributed by atoms with E-state index in [-0.39, 0.29) is 11.9 Å². The number of pyridine rings is 1. The normalized spacial score (nSPS) is 16.2. The third kappa shape index (κ3) is 5.54. The molecule has 1 aliphatic rings.